The monoisotopic (exact) mass is 514 g/mol. The van der Waals surface area contributed by atoms with E-state index in [1.807, 2.05) is 0 Å². The molecule has 0 saturated carbocycles. The van der Waals surface area contributed by atoms with E-state index in [4.69, 9.17) is 8.85 Å². The molecule has 0 aliphatic heterocycles. The van der Waals surface area contributed by atoms with Crippen molar-refractivity contribution < 1.29 is 13.6 Å². The predicted octanol–water partition coefficient (Wildman–Crippen LogP) is 7.10. The minimum Gasteiger partial charge on any atom is -0.497 e. The van der Waals surface area contributed by atoms with Crippen LogP contribution in [-0.4, -0.2) is 52.0 Å². The molecular formula is C23H50O3Si5. The summed E-state index contributed by atoms with van der Waals surface area (Å²) in [6.45, 7) is 33.3. The molecule has 180 valence electrons. The van der Waals surface area contributed by atoms with Crippen molar-refractivity contribution in [2.24, 2.45) is 0 Å². The van der Waals surface area contributed by atoms with E-state index in [-0.39, 0.29) is 9.32 Å². The zero-order chi connectivity index (χ0) is 24.9. The second-order valence-electron chi connectivity index (χ2n) is 13.7. The first-order valence-corrected chi connectivity index (χ1v) is 27.8. The van der Waals surface area contributed by atoms with Crippen molar-refractivity contribution in [3.63, 3.8) is 0 Å². The van der Waals surface area contributed by atoms with Gasteiger partial charge in [-0.25, -0.2) is 0 Å². The summed E-state index contributed by atoms with van der Waals surface area (Å²) >= 11 is 0. The molecule has 0 radical (unpaired) electrons. The van der Waals surface area contributed by atoms with E-state index in [2.05, 4.69) is 117 Å². The van der Waals surface area contributed by atoms with Gasteiger partial charge in [0.15, 0.2) is 8.32 Å². The van der Waals surface area contributed by atoms with Gasteiger partial charge in [0.25, 0.3) is 0 Å². The molecule has 1 atom stereocenters. The molecule has 0 fully saturated rings. The van der Waals surface area contributed by atoms with Gasteiger partial charge in [-0.3, -0.25) is 0 Å². The fourth-order valence-corrected chi connectivity index (χ4v) is 55.5. The Bertz CT molecular complexity index is 736. The third-order valence-corrected chi connectivity index (χ3v) is 43.4. The lowest BCUT2D eigenvalue weighted by Gasteiger charge is -2.64. The van der Waals surface area contributed by atoms with Crippen molar-refractivity contribution in [2.75, 3.05) is 7.11 Å². The number of hydrogen-bond donors (Lipinski definition) is 1. The maximum Gasteiger partial charge on any atom is 0.308 e. The summed E-state index contributed by atoms with van der Waals surface area (Å²) in [7, 11) is -9.79. The predicted molar refractivity (Wildman–Crippen MR) is 151 cm³/mol. The second-order valence-corrected chi connectivity index (χ2v) is 44.1. The Hall–Kier alpha value is 0.0244. The van der Waals surface area contributed by atoms with E-state index in [1.54, 1.807) is 7.11 Å². The van der Waals surface area contributed by atoms with Crippen LogP contribution in [0.15, 0.2) is 24.3 Å². The summed E-state index contributed by atoms with van der Waals surface area (Å²) in [5.41, 5.74) is 1.29. The molecule has 1 unspecified atom stereocenters. The van der Waals surface area contributed by atoms with Gasteiger partial charge in [0.1, 0.15) is 13.3 Å². The van der Waals surface area contributed by atoms with Crippen LogP contribution in [0, 0.1) is 0 Å². The van der Waals surface area contributed by atoms with Crippen molar-refractivity contribution >= 4 is 40.1 Å². The average molecular weight is 515 g/mol. The molecule has 0 aliphatic carbocycles. The Kier molecular flexibility index (Phi) is 8.12. The third kappa shape index (κ3) is 4.95. The van der Waals surface area contributed by atoms with Gasteiger partial charge in [-0.15, -0.1) is 0 Å². The van der Waals surface area contributed by atoms with Crippen LogP contribution in [0.5, 0.6) is 5.75 Å². The number of rotatable bonds is 8. The number of ether oxygens (including phenoxy) is 1. The lowest BCUT2D eigenvalue weighted by atomic mass is 10.2. The molecule has 0 heterocycles. The van der Waals surface area contributed by atoms with Crippen molar-refractivity contribution in [3.8, 4) is 5.75 Å². The van der Waals surface area contributed by atoms with Crippen LogP contribution in [0.3, 0.4) is 0 Å². The Balaban J connectivity index is 4.17. The summed E-state index contributed by atoms with van der Waals surface area (Å²) in [6.07, 6.45) is 0. The highest BCUT2D eigenvalue weighted by Gasteiger charge is 2.73. The number of methoxy groups -OCH3 is 1. The molecule has 31 heavy (non-hydrogen) atoms. The van der Waals surface area contributed by atoms with E-state index in [0.29, 0.717) is 0 Å². The summed E-state index contributed by atoms with van der Waals surface area (Å²) < 4.78 is 12.7. The topological polar surface area (TPSA) is 38.7 Å². The number of hydrogen-bond acceptors (Lipinski definition) is 3. The fraction of sp³-hybridized carbons (Fsp3) is 0.739. The maximum absolute atomic E-state index is 13.3. The molecule has 1 rings (SSSR count). The van der Waals surface area contributed by atoms with Crippen LogP contribution in [0.25, 0.3) is 0 Å². The van der Waals surface area contributed by atoms with Gasteiger partial charge in [-0.2, -0.15) is 0 Å². The van der Waals surface area contributed by atoms with E-state index in [0.717, 1.165) is 5.75 Å². The summed E-state index contributed by atoms with van der Waals surface area (Å²) in [5, 5.41) is 0.0537. The molecule has 8 heteroatoms. The second kappa shape index (κ2) is 8.67. The van der Waals surface area contributed by atoms with Gasteiger partial charge < -0.3 is 13.6 Å². The lowest BCUT2D eigenvalue weighted by molar-refractivity contribution is 0.358. The minimum absolute atomic E-state index is 0.0537. The van der Waals surface area contributed by atoms with E-state index in [9.17, 15) is 4.80 Å². The smallest absolute Gasteiger partial charge is 0.308 e. The molecule has 1 aromatic carbocycles. The molecule has 0 spiro atoms. The van der Waals surface area contributed by atoms with Gasteiger partial charge in [0.05, 0.1) is 23.3 Å². The molecule has 1 aromatic rings. The Morgan fingerprint density at radius 3 is 1.35 bits per heavy atom. The molecule has 0 amide bonds. The van der Waals surface area contributed by atoms with Gasteiger partial charge >= 0.3 is 8.08 Å². The summed E-state index contributed by atoms with van der Waals surface area (Å²) in [4.78, 5) is 13.3. The highest BCUT2D eigenvalue weighted by atomic mass is 29.3. The van der Waals surface area contributed by atoms with Crippen LogP contribution >= 0.6 is 0 Å². The third-order valence-electron chi connectivity index (χ3n) is 7.51. The van der Waals surface area contributed by atoms with Gasteiger partial charge in [-0.05, 0) is 35.8 Å². The van der Waals surface area contributed by atoms with Crippen LogP contribution in [0.4, 0.5) is 0 Å². The normalized spacial score (nSPS) is 16.8. The average Bonchev–Trinajstić information content (AvgIpc) is 2.50. The largest absolute Gasteiger partial charge is 0.497 e. The molecule has 0 bridgehead atoms. The highest BCUT2D eigenvalue weighted by molar-refractivity contribution is 7.44. The quantitative estimate of drug-likeness (QED) is 0.376. The van der Waals surface area contributed by atoms with Crippen LogP contribution in [-0.2, 0) is 8.40 Å². The Morgan fingerprint density at radius 2 is 1.10 bits per heavy atom. The first-order chi connectivity index (χ1) is 13.5. The summed E-state index contributed by atoms with van der Waals surface area (Å²) in [5.74, 6) is 0.868. The van der Waals surface area contributed by atoms with E-state index < -0.39 is 40.1 Å². The zero-order valence-electron chi connectivity index (χ0n) is 23.1. The Morgan fingerprint density at radius 1 is 0.710 bits per heavy atom. The van der Waals surface area contributed by atoms with Crippen LogP contribution in [0.2, 0.25) is 77.1 Å². The molecule has 0 aromatic heterocycles. The Labute approximate surface area is 198 Å². The van der Waals surface area contributed by atoms with Crippen molar-refractivity contribution in [2.45, 2.75) is 102 Å². The first-order valence-electron chi connectivity index (χ1n) is 11.6. The fourth-order valence-electron chi connectivity index (χ4n) is 5.36. The van der Waals surface area contributed by atoms with Crippen molar-refractivity contribution in [1.82, 2.24) is 0 Å². The minimum atomic E-state index is -3.23. The zero-order valence-corrected chi connectivity index (χ0v) is 28.1. The molecule has 1 N–H and O–H groups in total. The lowest BCUT2D eigenvalue weighted by Crippen LogP contribution is -2.86. The number of benzene rings is 1. The molecule has 0 saturated heterocycles. The standard InChI is InChI=1S/C23H50O3Si5/c1-22(2,3)30(14,15)26-31(24,29(11,12)13)23(27(5,6)7,28(8,9)10)20-16-18-21(25-4)19-17-20/h16-19,24H,1-15H3. The molecule has 3 nitrogen and oxygen atoms in total. The van der Waals surface area contributed by atoms with Gasteiger partial charge in [-0.1, -0.05) is 91.8 Å². The maximum atomic E-state index is 13.3. The van der Waals surface area contributed by atoms with E-state index >= 15 is 0 Å². The molecular weight excluding hydrogens is 465 g/mol. The van der Waals surface area contributed by atoms with Crippen molar-refractivity contribution in [1.29, 1.82) is 0 Å². The highest BCUT2D eigenvalue weighted by Crippen LogP contribution is 2.53. The van der Waals surface area contributed by atoms with Gasteiger partial charge in [0, 0.05) is 4.28 Å². The first kappa shape index (κ1) is 29.1. The van der Waals surface area contributed by atoms with E-state index in [1.165, 1.54) is 5.56 Å². The summed E-state index contributed by atoms with van der Waals surface area (Å²) in [6, 6.07) is 8.64. The van der Waals surface area contributed by atoms with Crippen molar-refractivity contribution in [3.05, 3.63) is 29.8 Å². The van der Waals surface area contributed by atoms with Crippen LogP contribution in [0.1, 0.15) is 26.3 Å². The molecule has 0 aliphatic rings. The van der Waals surface area contributed by atoms with Crippen LogP contribution < -0.4 is 4.74 Å². The SMILES string of the molecule is COc1ccc(C([Si](C)(C)C)([Si](C)(C)C)[Si](O)(O[Si](C)(C)C(C)(C)C)[Si](C)(C)C)cc1. The van der Waals surface area contributed by atoms with Gasteiger partial charge in [0.2, 0.25) is 0 Å².